The number of hydrogen-bond acceptors (Lipinski definition) is 2. The van der Waals surface area contributed by atoms with Gasteiger partial charge in [-0.2, -0.15) is 5.20 Å². The third-order valence-corrected chi connectivity index (χ3v) is 4.07. The van der Waals surface area contributed by atoms with Gasteiger partial charge in [-0.1, -0.05) is 6.92 Å². The fraction of sp³-hybridized carbons (Fsp3) is 1.00. The van der Waals surface area contributed by atoms with E-state index in [4.69, 9.17) is 11.2 Å². The fourth-order valence-corrected chi connectivity index (χ4v) is 2.28. The van der Waals surface area contributed by atoms with Gasteiger partial charge in [0.2, 0.25) is 6.65 Å². The molecule has 1 unspecified atom stereocenters. The minimum absolute atomic E-state index is 0.290. The molecule has 3 nitrogen and oxygen atoms in total. The van der Waals surface area contributed by atoms with Crippen LogP contribution >= 0.6 is 17.9 Å². The summed E-state index contributed by atoms with van der Waals surface area (Å²) in [6.45, 7) is 7.29. The van der Waals surface area contributed by atoms with Crippen molar-refractivity contribution >= 4 is 17.9 Å². The highest BCUT2D eigenvalue weighted by Gasteiger charge is 2.22. The Balaban J connectivity index is 4.35. The van der Waals surface area contributed by atoms with Crippen molar-refractivity contribution in [2.45, 2.75) is 46.7 Å². The molecule has 0 radical (unpaired) electrons. The van der Waals surface area contributed by atoms with Gasteiger partial charge in [0.1, 0.15) is 0 Å². The highest BCUT2D eigenvalue weighted by Crippen LogP contribution is 2.46. The number of halogens is 1. The summed E-state index contributed by atoms with van der Waals surface area (Å²) < 4.78 is 11.6. The smallest absolute Gasteiger partial charge is 0.245 e. The zero-order chi connectivity index (χ0) is 10.6. The highest BCUT2D eigenvalue weighted by atomic mass is 35.7. The predicted octanol–water partition coefficient (Wildman–Crippen LogP) is 3.06. The van der Waals surface area contributed by atoms with Crippen LogP contribution in [0.1, 0.15) is 34.6 Å². The third kappa shape index (κ3) is 5.02. The molecular weight excluding hydrogens is 207 g/mol. The lowest BCUT2D eigenvalue weighted by Gasteiger charge is -2.32. The van der Waals surface area contributed by atoms with E-state index in [1.807, 2.05) is 39.6 Å². The van der Waals surface area contributed by atoms with Crippen molar-refractivity contribution in [1.82, 2.24) is 10.2 Å². The van der Waals surface area contributed by atoms with Gasteiger partial charge in [0.05, 0.1) is 0 Å². The van der Waals surface area contributed by atoms with Crippen LogP contribution in [0, 0.1) is 0 Å². The summed E-state index contributed by atoms with van der Waals surface area (Å²) in [5.41, 5.74) is 0. The summed E-state index contributed by atoms with van der Waals surface area (Å²) in [5.74, 6) is 0. The quantitative estimate of drug-likeness (QED) is 0.578. The van der Waals surface area contributed by atoms with Crippen LogP contribution in [-0.4, -0.2) is 23.3 Å². The number of rotatable bonds is 5. The molecule has 0 fully saturated rings. The standard InChI is InChI=1S/C8H20ClN2OP/c1-6-13(9,12)10-11(7(2)3)8(4)5/h7-8H,6H2,1-5H3,(H,10,12). The molecule has 1 atom stereocenters. The molecule has 0 rings (SSSR count). The van der Waals surface area contributed by atoms with Gasteiger partial charge in [0.15, 0.2) is 0 Å². The molecule has 0 amide bonds. The highest BCUT2D eigenvalue weighted by molar-refractivity contribution is 7.87. The van der Waals surface area contributed by atoms with Gasteiger partial charge in [-0.3, -0.25) is 4.57 Å². The zero-order valence-electron chi connectivity index (χ0n) is 9.04. The molecule has 0 heterocycles. The van der Waals surface area contributed by atoms with Gasteiger partial charge in [0, 0.05) is 18.2 Å². The van der Waals surface area contributed by atoms with Crippen LogP contribution < -0.4 is 5.20 Å². The first kappa shape index (κ1) is 13.4. The second-order valence-electron chi connectivity index (χ2n) is 3.66. The lowest BCUT2D eigenvalue weighted by Crippen LogP contribution is -2.45. The number of nitrogens with zero attached hydrogens (tertiary/aromatic N) is 1. The van der Waals surface area contributed by atoms with Gasteiger partial charge in [0.25, 0.3) is 0 Å². The summed E-state index contributed by atoms with van der Waals surface area (Å²) in [6.07, 6.45) is 0.463. The maximum absolute atomic E-state index is 11.6. The Bertz CT molecular complexity index is 189. The van der Waals surface area contributed by atoms with E-state index in [1.165, 1.54) is 0 Å². The molecule has 0 spiro atoms. The van der Waals surface area contributed by atoms with Crippen molar-refractivity contribution in [3.8, 4) is 0 Å². The van der Waals surface area contributed by atoms with Gasteiger partial charge in [-0.15, -0.1) is 0 Å². The first-order valence-electron chi connectivity index (χ1n) is 4.65. The van der Waals surface area contributed by atoms with Crippen LogP contribution in [0.2, 0.25) is 0 Å². The van der Waals surface area contributed by atoms with Crippen LogP contribution in [0.15, 0.2) is 0 Å². The Kier molecular flexibility index (Phi) is 5.53. The Hall–Kier alpha value is 0.440. The normalized spacial score (nSPS) is 17.0. The molecule has 5 heteroatoms. The molecule has 80 valence electrons. The number of nitrogens with one attached hydrogen (secondary N) is 1. The Morgan fingerprint density at radius 1 is 1.31 bits per heavy atom. The maximum Gasteiger partial charge on any atom is 0.245 e. The third-order valence-electron chi connectivity index (χ3n) is 1.78. The lowest BCUT2D eigenvalue weighted by atomic mass is 10.3. The summed E-state index contributed by atoms with van der Waals surface area (Å²) in [5, 5.41) is 4.82. The van der Waals surface area contributed by atoms with Crippen molar-refractivity contribution in [3.63, 3.8) is 0 Å². The van der Waals surface area contributed by atoms with E-state index in [0.29, 0.717) is 18.2 Å². The number of hydrazine groups is 1. The molecule has 0 aromatic heterocycles. The molecule has 0 aliphatic carbocycles. The van der Waals surface area contributed by atoms with E-state index in [1.54, 1.807) is 0 Å². The van der Waals surface area contributed by atoms with Crippen LogP contribution in [0.5, 0.6) is 0 Å². The van der Waals surface area contributed by atoms with Gasteiger partial charge in [-0.05, 0) is 38.9 Å². The van der Waals surface area contributed by atoms with Crippen molar-refractivity contribution < 1.29 is 4.57 Å². The topological polar surface area (TPSA) is 32.3 Å². The SMILES string of the molecule is CCP(=O)(Cl)NN(C(C)C)C(C)C. The summed E-state index contributed by atoms with van der Waals surface area (Å²) in [6, 6.07) is 0.581. The molecule has 1 N–H and O–H groups in total. The monoisotopic (exact) mass is 226 g/mol. The molecule has 0 aromatic carbocycles. The van der Waals surface area contributed by atoms with Crippen LogP contribution in [0.3, 0.4) is 0 Å². The molecule has 0 aliphatic heterocycles. The van der Waals surface area contributed by atoms with E-state index < -0.39 is 6.65 Å². The minimum Gasteiger partial charge on any atom is -0.288 e. The van der Waals surface area contributed by atoms with Crippen LogP contribution in [0.25, 0.3) is 0 Å². The molecule has 0 aromatic rings. The molecule has 0 aliphatic rings. The average Bonchev–Trinajstić information content (AvgIpc) is 1.99. The Morgan fingerprint density at radius 2 is 1.69 bits per heavy atom. The first-order chi connectivity index (χ1) is 5.80. The van der Waals surface area contributed by atoms with Crippen molar-refractivity contribution in [2.24, 2.45) is 0 Å². The van der Waals surface area contributed by atoms with Crippen LogP contribution in [-0.2, 0) is 4.57 Å². The molecule has 0 saturated carbocycles. The fourth-order valence-electron chi connectivity index (χ4n) is 1.07. The summed E-state index contributed by atoms with van der Waals surface area (Å²) in [7, 11) is 0. The van der Waals surface area contributed by atoms with Crippen molar-refractivity contribution in [3.05, 3.63) is 0 Å². The predicted molar refractivity (Wildman–Crippen MR) is 59.2 cm³/mol. The van der Waals surface area contributed by atoms with Crippen LogP contribution in [0.4, 0.5) is 0 Å². The lowest BCUT2D eigenvalue weighted by molar-refractivity contribution is 0.145. The molecular formula is C8H20ClN2OP. The first-order valence-corrected chi connectivity index (χ1v) is 7.45. The second-order valence-corrected chi connectivity index (χ2v) is 7.44. The van der Waals surface area contributed by atoms with Gasteiger partial charge < -0.3 is 0 Å². The van der Waals surface area contributed by atoms with E-state index in [-0.39, 0.29) is 0 Å². The van der Waals surface area contributed by atoms with E-state index in [2.05, 4.69) is 5.20 Å². The molecule has 0 saturated heterocycles. The maximum atomic E-state index is 11.6. The van der Waals surface area contributed by atoms with Crippen molar-refractivity contribution in [2.75, 3.05) is 6.16 Å². The van der Waals surface area contributed by atoms with Gasteiger partial charge in [-0.25, -0.2) is 5.01 Å². The Labute approximate surface area is 86.0 Å². The molecule has 0 bridgehead atoms. The van der Waals surface area contributed by atoms with Gasteiger partial charge >= 0.3 is 0 Å². The average molecular weight is 227 g/mol. The zero-order valence-corrected chi connectivity index (χ0v) is 10.7. The second kappa shape index (κ2) is 5.35. The summed E-state index contributed by atoms with van der Waals surface area (Å²) in [4.78, 5) is 0. The molecule has 13 heavy (non-hydrogen) atoms. The minimum atomic E-state index is -2.69. The van der Waals surface area contributed by atoms with E-state index in [0.717, 1.165) is 0 Å². The largest absolute Gasteiger partial charge is 0.288 e. The summed E-state index contributed by atoms with van der Waals surface area (Å²) >= 11 is 5.81. The van der Waals surface area contributed by atoms with E-state index in [9.17, 15) is 4.57 Å². The number of hydrogen-bond donors (Lipinski definition) is 1. The van der Waals surface area contributed by atoms with Crippen molar-refractivity contribution in [1.29, 1.82) is 0 Å². The van der Waals surface area contributed by atoms with E-state index >= 15 is 0 Å². The Morgan fingerprint density at radius 3 is 1.92 bits per heavy atom.